The first kappa shape index (κ1) is 20.5. The van der Waals surface area contributed by atoms with Gasteiger partial charge in [-0.25, -0.2) is 0 Å². The summed E-state index contributed by atoms with van der Waals surface area (Å²) in [5.74, 6) is 0. The van der Waals surface area contributed by atoms with Crippen LogP contribution in [-0.2, 0) is 0 Å². The van der Waals surface area contributed by atoms with Gasteiger partial charge < -0.3 is 9.88 Å². The molecule has 7 rings (SSSR count). The average Bonchev–Trinajstić information content (AvgIpc) is 3.33. The Morgan fingerprint density at radius 1 is 0.444 bits per heavy atom. The van der Waals surface area contributed by atoms with E-state index in [9.17, 15) is 0 Å². The van der Waals surface area contributed by atoms with Crippen molar-refractivity contribution in [2.75, 3.05) is 4.90 Å². The maximum Gasteiger partial charge on any atom is 0.0544 e. The SMILES string of the molecule is c1ccc(N(c2ccc(-c3cccc4c3[nH]c3ccccc34)cc2)c2cccc3ccccc23)cc1. The van der Waals surface area contributed by atoms with Gasteiger partial charge in [-0.1, -0.05) is 103 Å². The zero-order valence-corrected chi connectivity index (χ0v) is 19.7. The van der Waals surface area contributed by atoms with E-state index in [0.717, 1.165) is 11.4 Å². The van der Waals surface area contributed by atoms with E-state index in [2.05, 4.69) is 149 Å². The van der Waals surface area contributed by atoms with Crippen LogP contribution in [0.4, 0.5) is 17.1 Å². The van der Waals surface area contributed by atoms with E-state index in [1.807, 2.05) is 0 Å². The van der Waals surface area contributed by atoms with Gasteiger partial charge in [0.25, 0.3) is 0 Å². The maximum absolute atomic E-state index is 3.64. The molecule has 0 saturated carbocycles. The second-order valence-corrected chi connectivity index (χ2v) is 9.11. The third-order valence-corrected chi connectivity index (χ3v) is 7.00. The number of para-hydroxylation sites is 3. The van der Waals surface area contributed by atoms with Crippen molar-refractivity contribution in [3.63, 3.8) is 0 Å². The maximum atomic E-state index is 3.64. The van der Waals surface area contributed by atoms with E-state index in [0.29, 0.717) is 0 Å². The van der Waals surface area contributed by atoms with E-state index in [4.69, 9.17) is 0 Å². The van der Waals surface area contributed by atoms with Crippen molar-refractivity contribution in [3.8, 4) is 11.1 Å². The molecule has 0 radical (unpaired) electrons. The molecule has 0 aliphatic heterocycles. The van der Waals surface area contributed by atoms with E-state index in [1.165, 1.54) is 49.4 Å². The Hall–Kier alpha value is -4.82. The van der Waals surface area contributed by atoms with Gasteiger partial charge in [0.15, 0.2) is 0 Å². The molecule has 0 aliphatic rings. The van der Waals surface area contributed by atoms with Gasteiger partial charge in [-0.2, -0.15) is 0 Å². The Kier molecular flexibility index (Phi) is 4.82. The second kappa shape index (κ2) is 8.44. The summed E-state index contributed by atoms with van der Waals surface area (Å²) in [5, 5.41) is 4.99. The molecule has 0 spiro atoms. The third-order valence-electron chi connectivity index (χ3n) is 7.00. The molecule has 36 heavy (non-hydrogen) atoms. The average molecular weight is 461 g/mol. The van der Waals surface area contributed by atoms with Gasteiger partial charge in [-0.15, -0.1) is 0 Å². The lowest BCUT2D eigenvalue weighted by atomic mass is 10.0. The number of nitrogens with one attached hydrogen (secondary N) is 1. The van der Waals surface area contributed by atoms with Crippen LogP contribution in [0.3, 0.4) is 0 Å². The molecule has 2 nitrogen and oxygen atoms in total. The number of nitrogens with zero attached hydrogens (tertiary/aromatic N) is 1. The van der Waals surface area contributed by atoms with Gasteiger partial charge >= 0.3 is 0 Å². The Balaban J connectivity index is 1.37. The minimum Gasteiger partial charge on any atom is -0.354 e. The molecule has 0 atom stereocenters. The highest BCUT2D eigenvalue weighted by molar-refractivity contribution is 6.11. The number of benzene rings is 6. The number of anilines is 3. The molecule has 0 unspecified atom stereocenters. The van der Waals surface area contributed by atoms with E-state index in [-0.39, 0.29) is 0 Å². The Labute approximate surface area is 210 Å². The van der Waals surface area contributed by atoms with Crippen molar-refractivity contribution in [2.24, 2.45) is 0 Å². The molecule has 0 fully saturated rings. The van der Waals surface area contributed by atoms with Crippen LogP contribution in [0.25, 0.3) is 43.7 Å². The summed E-state index contributed by atoms with van der Waals surface area (Å²) in [6.07, 6.45) is 0. The van der Waals surface area contributed by atoms with Crippen LogP contribution < -0.4 is 4.90 Å². The highest BCUT2D eigenvalue weighted by Crippen LogP contribution is 2.40. The summed E-state index contributed by atoms with van der Waals surface area (Å²) in [6.45, 7) is 0. The minimum absolute atomic E-state index is 1.13. The Morgan fingerprint density at radius 2 is 1.08 bits per heavy atom. The van der Waals surface area contributed by atoms with Crippen molar-refractivity contribution in [1.82, 2.24) is 4.98 Å². The van der Waals surface area contributed by atoms with E-state index in [1.54, 1.807) is 0 Å². The molecule has 1 heterocycles. The fourth-order valence-electron chi connectivity index (χ4n) is 5.31. The van der Waals surface area contributed by atoms with E-state index < -0.39 is 0 Å². The quantitative estimate of drug-likeness (QED) is 0.277. The van der Waals surface area contributed by atoms with Crippen LogP contribution in [0.1, 0.15) is 0 Å². The molecule has 7 aromatic rings. The highest BCUT2D eigenvalue weighted by Gasteiger charge is 2.16. The molecule has 0 aliphatic carbocycles. The normalized spacial score (nSPS) is 11.3. The number of aromatic nitrogens is 1. The van der Waals surface area contributed by atoms with E-state index >= 15 is 0 Å². The van der Waals surface area contributed by atoms with Crippen molar-refractivity contribution in [1.29, 1.82) is 0 Å². The molecule has 0 amide bonds. The van der Waals surface area contributed by atoms with Crippen LogP contribution >= 0.6 is 0 Å². The smallest absolute Gasteiger partial charge is 0.0544 e. The fourth-order valence-corrected chi connectivity index (χ4v) is 5.31. The number of H-pyrrole nitrogens is 1. The number of rotatable bonds is 4. The predicted molar refractivity (Wildman–Crippen MR) is 153 cm³/mol. The minimum atomic E-state index is 1.13. The molecule has 0 bridgehead atoms. The van der Waals surface area contributed by atoms with Gasteiger partial charge in [-0.3, -0.25) is 0 Å². The first-order chi connectivity index (χ1) is 17.9. The largest absolute Gasteiger partial charge is 0.354 e. The summed E-state index contributed by atoms with van der Waals surface area (Å²) in [6, 6.07) is 49.7. The monoisotopic (exact) mass is 460 g/mol. The van der Waals surface area contributed by atoms with Crippen LogP contribution in [0, 0.1) is 0 Å². The molecular weight excluding hydrogens is 436 g/mol. The highest BCUT2D eigenvalue weighted by atomic mass is 15.1. The molecular formula is C34H24N2. The van der Waals surface area contributed by atoms with Gasteiger partial charge in [0.2, 0.25) is 0 Å². The molecule has 1 aromatic heterocycles. The summed E-state index contributed by atoms with van der Waals surface area (Å²) in [4.78, 5) is 5.99. The zero-order chi connectivity index (χ0) is 23.9. The standard InChI is InChI=1S/C34H24N2/c1-2-12-26(13-3-1)36(33-19-8-11-24-10-4-5-14-28(24)33)27-22-20-25(21-23-27)29-16-9-17-31-30-15-6-7-18-32(30)35-34(29)31/h1-23,35H. The Morgan fingerprint density at radius 3 is 1.94 bits per heavy atom. The van der Waals surface area contributed by atoms with Crippen LogP contribution in [0.15, 0.2) is 140 Å². The number of hydrogen-bond donors (Lipinski definition) is 1. The predicted octanol–water partition coefficient (Wildman–Crippen LogP) is 9.61. The topological polar surface area (TPSA) is 19.0 Å². The summed E-state index contributed by atoms with van der Waals surface area (Å²) in [7, 11) is 0. The van der Waals surface area contributed by atoms with Gasteiger partial charge in [-0.05, 0) is 47.3 Å². The van der Waals surface area contributed by atoms with Crippen molar-refractivity contribution >= 4 is 49.6 Å². The summed E-state index contributed by atoms with van der Waals surface area (Å²) in [5.41, 5.74) is 8.20. The van der Waals surface area contributed by atoms with Crippen molar-refractivity contribution in [3.05, 3.63) is 140 Å². The third kappa shape index (κ3) is 3.35. The summed E-state index contributed by atoms with van der Waals surface area (Å²) < 4.78 is 0. The van der Waals surface area contributed by atoms with Crippen LogP contribution in [0.5, 0.6) is 0 Å². The van der Waals surface area contributed by atoms with Crippen molar-refractivity contribution < 1.29 is 0 Å². The lowest BCUT2D eigenvalue weighted by Gasteiger charge is -2.27. The second-order valence-electron chi connectivity index (χ2n) is 9.11. The zero-order valence-electron chi connectivity index (χ0n) is 19.7. The molecule has 1 N–H and O–H groups in total. The van der Waals surface area contributed by atoms with Gasteiger partial charge in [0, 0.05) is 38.6 Å². The molecule has 170 valence electrons. The van der Waals surface area contributed by atoms with Gasteiger partial charge in [0.1, 0.15) is 0 Å². The summed E-state index contributed by atoms with van der Waals surface area (Å²) >= 11 is 0. The number of fused-ring (bicyclic) bond motifs is 4. The number of aromatic amines is 1. The van der Waals surface area contributed by atoms with Crippen molar-refractivity contribution in [2.45, 2.75) is 0 Å². The number of hydrogen-bond acceptors (Lipinski definition) is 1. The first-order valence-corrected chi connectivity index (χ1v) is 12.3. The Bertz CT molecular complexity index is 1820. The lowest BCUT2D eigenvalue weighted by molar-refractivity contribution is 1.30. The molecule has 0 saturated heterocycles. The molecule has 6 aromatic carbocycles. The lowest BCUT2D eigenvalue weighted by Crippen LogP contribution is -2.10. The fraction of sp³-hybridized carbons (Fsp3) is 0. The molecule has 2 heteroatoms. The van der Waals surface area contributed by atoms with Gasteiger partial charge in [0.05, 0.1) is 11.2 Å². The van der Waals surface area contributed by atoms with Crippen LogP contribution in [-0.4, -0.2) is 4.98 Å². The first-order valence-electron chi connectivity index (χ1n) is 12.3. The van der Waals surface area contributed by atoms with Crippen LogP contribution in [0.2, 0.25) is 0 Å².